The fourth-order valence-electron chi connectivity index (χ4n) is 1.51. The molecular weight excluding hydrogens is 307 g/mol. The fourth-order valence-corrected chi connectivity index (χ4v) is 2.55. The van der Waals surface area contributed by atoms with Crippen molar-refractivity contribution in [3.8, 4) is 5.75 Å². The van der Waals surface area contributed by atoms with Crippen molar-refractivity contribution in [2.75, 3.05) is 6.61 Å². The van der Waals surface area contributed by atoms with Crippen LogP contribution in [-0.2, 0) is 11.2 Å². The van der Waals surface area contributed by atoms with Crippen molar-refractivity contribution in [3.63, 3.8) is 0 Å². The summed E-state index contributed by atoms with van der Waals surface area (Å²) in [5.74, 6) is 0.379. The maximum Gasteiger partial charge on any atom is 0.307 e. The minimum Gasteiger partial charge on any atom is -0.491 e. The summed E-state index contributed by atoms with van der Waals surface area (Å²) in [6, 6.07) is 3.38. The number of halogens is 2. The second kappa shape index (κ2) is 5.27. The van der Waals surface area contributed by atoms with Crippen LogP contribution in [0.15, 0.2) is 16.6 Å². The number of carboxylic acid groups (broad SMARTS) is 1. The second-order valence-electron chi connectivity index (χ2n) is 4.21. The number of hydrogen-bond donors (Lipinski definition) is 1. The van der Waals surface area contributed by atoms with Gasteiger partial charge < -0.3 is 9.84 Å². The maximum atomic E-state index is 10.6. The summed E-state index contributed by atoms with van der Waals surface area (Å²) in [7, 11) is 0. The van der Waals surface area contributed by atoms with E-state index in [1.165, 1.54) is 12.8 Å². The van der Waals surface area contributed by atoms with Gasteiger partial charge in [0, 0.05) is 0 Å². The number of carbonyl (C=O) groups is 1. The van der Waals surface area contributed by atoms with E-state index in [1.54, 1.807) is 12.1 Å². The molecule has 0 aliphatic heterocycles. The Morgan fingerprint density at radius 3 is 2.76 bits per heavy atom. The highest BCUT2D eigenvalue weighted by molar-refractivity contribution is 9.10. The smallest absolute Gasteiger partial charge is 0.307 e. The first-order valence-electron chi connectivity index (χ1n) is 5.39. The van der Waals surface area contributed by atoms with E-state index >= 15 is 0 Å². The highest BCUT2D eigenvalue weighted by Crippen LogP contribution is 2.37. The van der Waals surface area contributed by atoms with Crippen LogP contribution in [-0.4, -0.2) is 17.7 Å². The summed E-state index contributed by atoms with van der Waals surface area (Å²) in [5.41, 5.74) is 0.660. The molecule has 1 fully saturated rings. The van der Waals surface area contributed by atoms with Gasteiger partial charge in [0.05, 0.1) is 22.5 Å². The minimum atomic E-state index is -0.875. The van der Waals surface area contributed by atoms with Crippen LogP contribution >= 0.6 is 27.5 Å². The lowest BCUT2D eigenvalue weighted by Gasteiger charge is -2.11. The van der Waals surface area contributed by atoms with E-state index in [0.717, 1.165) is 0 Å². The molecule has 0 radical (unpaired) electrons. The Bertz CT molecular complexity index is 420. The number of hydrogen-bond acceptors (Lipinski definition) is 2. The largest absolute Gasteiger partial charge is 0.491 e. The van der Waals surface area contributed by atoms with Gasteiger partial charge in [0.1, 0.15) is 0 Å². The number of carboxylic acids is 1. The van der Waals surface area contributed by atoms with E-state index in [9.17, 15) is 4.79 Å². The van der Waals surface area contributed by atoms with Gasteiger partial charge in [0.15, 0.2) is 5.75 Å². The zero-order chi connectivity index (χ0) is 12.4. The van der Waals surface area contributed by atoms with Gasteiger partial charge in [0.25, 0.3) is 0 Å². The molecule has 1 saturated carbocycles. The van der Waals surface area contributed by atoms with Crippen LogP contribution in [0.4, 0.5) is 0 Å². The molecule has 1 aromatic carbocycles. The van der Waals surface area contributed by atoms with E-state index in [0.29, 0.717) is 33.3 Å². The summed E-state index contributed by atoms with van der Waals surface area (Å²) in [6.07, 6.45) is 2.39. The van der Waals surface area contributed by atoms with Crippen LogP contribution in [0.25, 0.3) is 0 Å². The van der Waals surface area contributed by atoms with E-state index < -0.39 is 5.97 Å². The van der Waals surface area contributed by atoms with Crippen LogP contribution in [0.5, 0.6) is 5.75 Å². The van der Waals surface area contributed by atoms with Gasteiger partial charge >= 0.3 is 5.97 Å². The predicted octanol–water partition coefficient (Wildman–Crippen LogP) is 3.52. The molecule has 0 saturated heterocycles. The van der Waals surface area contributed by atoms with Crippen molar-refractivity contribution < 1.29 is 14.6 Å². The summed E-state index contributed by atoms with van der Waals surface area (Å²) >= 11 is 9.43. The Morgan fingerprint density at radius 1 is 1.53 bits per heavy atom. The molecule has 5 heteroatoms. The second-order valence-corrected chi connectivity index (χ2v) is 5.48. The molecule has 0 atom stereocenters. The summed E-state index contributed by atoms with van der Waals surface area (Å²) in [4.78, 5) is 10.6. The highest BCUT2D eigenvalue weighted by atomic mass is 79.9. The van der Waals surface area contributed by atoms with Gasteiger partial charge in [-0.3, -0.25) is 4.79 Å². The number of ether oxygens (including phenoxy) is 1. The van der Waals surface area contributed by atoms with Crippen molar-refractivity contribution in [2.24, 2.45) is 5.92 Å². The van der Waals surface area contributed by atoms with Gasteiger partial charge in [-0.1, -0.05) is 11.6 Å². The molecule has 1 aliphatic carbocycles. The molecule has 0 heterocycles. The van der Waals surface area contributed by atoms with Crippen molar-refractivity contribution in [3.05, 3.63) is 27.2 Å². The molecule has 1 aromatic rings. The fraction of sp³-hybridized carbons (Fsp3) is 0.417. The molecule has 17 heavy (non-hydrogen) atoms. The third-order valence-electron chi connectivity index (χ3n) is 2.57. The molecular formula is C12H12BrClO3. The Morgan fingerprint density at radius 2 is 2.24 bits per heavy atom. The lowest BCUT2D eigenvalue weighted by Crippen LogP contribution is -2.03. The van der Waals surface area contributed by atoms with Crippen LogP contribution < -0.4 is 4.74 Å². The Hall–Kier alpha value is -0.740. The zero-order valence-electron chi connectivity index (χ0n) is 9.08. The number of aliphatic carboxylic acids is 1. The predicted molar refractivity (Wildman–Crippen MR) is 68.7 cm³/mol. The standard InChI is InChI=1S/C12H12BrClO3/c13-9-3-8(5-11(15)16)4-10(14)12(9)17-6-7-1-2-7/h3-4,7H,1-2,5-6H2,(H,15,16). The Kier molecular flexibility index (Phi) is 3.94. The van der Waals surface area contributed by atoms with Crippen molar-refractivity contribution in [1.82, 2.24) is 0 Å². The normalized spacial score (nSPS) is 14.7. The van der Waals surface area contributed by atoms with Crippen LogP contribution in [0.1, 0.15) is 18.4 Å². The third kappa shape index (κ3) is 3.61. The lowest BCUT2D eigenvalue weighted by atomic mass is 10.1. The molecule has 1 aliphatic rings. The van der Waals surface area contributed by atoms with Gasteiger partial charge in [-0.25, -0.2) is 0 Å². The van der Waals surface area contributed by atoms with Crippen molar-refractivity contribution in [1.29, 1.82) is 0 Å². The first-order chi connectivity index (χ1) is 8.06. The van der Waals surface area contributed by atoms with Gasteiger partial charge in [-0.15, -0.1) is 0 Å². The SMILES string of the molecule is O=C(O)Cc1cc(Cl)c(OCC2CC2)c(Br)c1. The highest BCUT2D eigenvalue weighted by Gasteiger charge is 2.23. The van der Waals surface area contributed by atoms with E-state index in [4.69, 9.17) is 21.4 Å². The molecule has 0 unspecified atom stereocenters. The molecule has 0 spiro atoms. The van der Waals surface area contributed by atoms with Gasteiger partial charge in [0.2, 0.25) is 0 Å². The maximum absolute atomic E-state index is 10.6. The molecule has 0 aromatic heterocycles. The Labute approximate surface area is 113 Å². The zero-order valence-corrected chi connectivity index (χ0v) is 11.4. The van der Waals surface area contributed by atoms with E-state index in [1.807, 2.05) is 0 Å². The molecule has 0 amide bonds. The molecule has 0 bridgehead atoms. The first kappa shape index (κ1) is 12.7. The average Bonchev–Trinajstić information content (AvgIpc) is 2.98. The average molecular weight is 320 g/mol. The van der Waals surface area contributed by atoms with Crippen LogP contribution in [0.3, 0.4) is 0 Å². The van der Waals surface area contributed by atoms with Crippen LogP contribution in [0.2, 0.25) is 5.02 Å². The summed E-state index contributed by atoms with van der Waals surface area (Å²) in [5, 5.41) is 9.17. The topological polar surface area (TPSA) is 46.5 Å². The molecule has 3 nitrogen and oxygen atoms in total. The molecule has 2 rings (SSSR count). The Balaban J connectivity index is 2.12. The third-order valence-corrected chi connectivity index (χ3v) is 3.44. The van der Waals surface area contributed by atoms with E-state index in [2.05, 4.69) is 15.9 Å². The summed E-state index contributed by atoms with van der Waals surface area (Å²) in [6.45, 7) is 0.677. The molecule has 1 N–H and O–H groups in total. The number of rotatable bonds is 5. The lowest BCUT2D eigenvalue weighted by molar-refractivity contribution is -0.136. The first-order valence-corrected chi connectivity index (χ1v) is 6.56. The molecule has 92 valence electrons. The van der Waals surface area contributed by atoms with E-state index in [-0.39, 0.29) is 6.42 Å². The minimum absolute atomic E-state index is 0.0405. The number of benzene rings is 1. The van der Waals surface area contributed by atoms with Gasteiger partial charge in [-0.05, 0) is 52.4 Å². The van der Waals surface area contributed by atoms with Crippen molar-refractivity contribution >= 4 is 33.5 Å². The monoisotopic (exact) mass is 318 g/mol. The quantitative estimate of drug-likeness (QED) is 0.903. The van der Waals surface area contributed by atoms with Gasteiger partial charge in [-0.2, -0.15) is 0 Å². The van der Waals surface area contributed by atoms with Crippen molar-refractivity contribution in [2.45, 2.75) is 19.3 Å². The van der Waals surface area contributed by atoms with Crippen LogP contribution in [0, 0.1) is 5.92 Å². The summed E-state index contributed by atoms with van der Waals surface area (Å²) < 4.78 is 6.34.